The zero-order chi connectivity index (χ0) is 16.8. The number of hydrogen-bond acceptors (Lipinski definition) is 3. The number of para-hydroxylation sites is 2. The predicted molar refractivity (Wildman–Crippen MR) is 94.0 cm³/mol. The number of amides is 2. The van der Waals surface area contributed by atoms with E-state index < -0.39 is 0 Å². The Kier molecular flexibility index (Phi) is 5.21. The molecule has 2 aromatic rings. The van der Waals surface area contributed by atoms with Gasteiger partial charge < -0.3 is 20.1 Å². The summed E-state index contributed by atoms with van der Waals surface area (Å²) >= 11 is 0. The summed E-state index contributed by atoms with van der Waals surface area (Å²) in [5.41, 5.74) is 3.45. The second-order valence-corrected chi connectivity index (χ2v) is 5.71. The lowest BCUT2D eigenvalue weighted by molar-refractivity contribution is 0.247. The summed E-state index contributed by atoms with van der Waals surface area (Å²) in [6.45, 7) is 0.857. The van der Waals surface area contributed by atoms with Crippen LogP contribution in [0.2, 0.25) is 0 Å². The molecule has 0 aliphatic heterocycles. The molecule has 5 heteroatoms. The average molecular weight is 326 g/mol. The molecule has 5 nitrogen and oxygen atoms in total. The van der Waals surface area contributed by atoms with Crippen LogP contribution in [0.5, 0.6) is 11.5 Å². The first-order valence-electron chi connectivity index (χ1n) is 8.19. The summed E-state index contributed by atoms with van der Waals surface area (Å²) in [5, 5.41) is 5.54. The van der Waals surface area contributed by atoms with Crippen molar-refractivity contribution in [1.82, 2.24) is 5.32 Å². The van der Waals surface area contributed by atoms with Gasteiger partial charge in [-0.3, -0.25) is 0 Å². The fourth-order valence-corrected chi connectivity index (χ4v) is 2.89. The number of urea groups is 1. The molecule has 1 aliphatic rings. The number of rotatable bonds is 6. The molecule has 0 saturated heterocycles. The van der Waals surface area contributed by atoms with Crippen LogP contribution in [-0.2, 0) is 12.8 Å². The lowest BCUT2D eigenvalue weighted by atomic mass is 10.1. The maximum absolute atomic E-state index is 11.9. The van der Waals surface area contributed by atoms with Gasteiger partial charge in [0.05, 0.1) is 19.3 Å². The van der Waals surface area contributed by atoms with E-state index in [2.05, 4.69) is 22.8 Å². The molecular weight excluding hydrogens is 304 g/mol. The molecule has 0 heterocycles. The third-order valence-electron chi connectivity index (χ3n) is 4.08. The standard InChI is InChI=1S/C19H22N2O3/c1-23-18-8-3-2-7-17(18)21-19(22)20-11-12-24-16-10-9-14-5-4-6-15(14)13-16/h2-3,7-10,13H,4-6,11-12H2,1H3,(H2,20,21,22). The lowest BCUT2D eigenvalue weighted by Crippen LogP contribution is -2.32. The van der Waals surface area contributed by atoms with Crippen molar-refractivity contribution in [3.63, 3.8) is 0 Å². The SMILES string of the molecule is COc1ccccc1NC(=O)NCCOc1ccc2c(c1)CCC2. The molecule has 0 fully saturated rings. The van der Waals surface area contributed by atoms with E-state index in [1.165, 1.54) is 24.0 Å². The highest BCUT2D eigenvalue weighted by Gasteiger charge is 2.11. The molecule has 2 amide bonds. The summed E-state index contributed by atoms with van der Waals surface area (Å²) in [5.74, 6) is 1.49. The van der Waals surface area contributed by atoms with Gasteiger partial charge >= 0.3 is 6.03 Å². The van der Waals surface area contributed by atoms with Gasteiger partial charge in [0.25, 0.3) is 0 Å². The fraction of sp³-hybridized carbons (Fsp3) is 0.316. The van der Waals surface area contributed by atoms with Crippen LogP contribution >= 0.6 is 0 Å². The van der Waals surface area contributed by atoms with Crippen LogP contribution in [0.4, 0.5) is 10.5 Å². The van der Waals surface area contributed by atoms with Crippen molar-refractivity contribution in [2.24, 2.45) is 0 Å². The van der Waals surface area contributed by atoms with Crippen LogP contribution in [-0.4, -0.2) is 26.3 Å². The van der Waals surface area contributed by atoms with Gasteiger partial charge in [-0.1, -0.05) is 18.2 Å². The van der Waals surface area contributed by atoms with Crippen LogP contribution in [0.25, 0.3) is 0 Å². The first kappa shape index (κ1) is 16.2. The number of carbonyl (C=O) groups excluding carboxylic acids is 1. The fourth-order valence-electron chi connectivity index (χ4n) is 2.89. The molecule has 126 valence electrons. The lowest BCUT2D eigenvalue weighted by Gasteiger charge is -2.12. The topological polar surface area (TPSA) is 59.6 Å². The van der Waals surface area contributed by atoms with Crippen molar-refractivity contribution >= 4 is 11.7 Å². The van der Waals surface area contributed by atoms with Crippen molar-refractivity contribution < 1.29 is 14.3 Å². The summed E-state index contributed by atoms with van der Waals surface area (Å²) in [6, 6.07) is 13.3. The number of benzene rings is 2. The molecule has 1 aliphatic carbocycles. The Morgan fingerprint density at radius 2 is 1.96 bits per heavy atom. The van der Waals surface area contributed by atoms with Crippen molar-refractivity contribution in [3.05, 3.63) is 53.6 Å². The third kappa shape index (κ3) is 3.98. The van der Waals surface area contributed by atoms with Gasteiger partial charge in [-0.25, -0.2) is 4.79 Å². The summed E-state index contributed by atoms with van der Waals surface area (Å²) in [6.07, 6.45) is 3.52. The van der Waals surface area contributed by atoms with Crippen molar-refractivity contribution in [2.45, 2.75) is 19.3 Å². The highest BCUT2D eigenvalue weighted by atomic mass is 16.5. The van der Waals surface area contributed by atoms with E-state index in [4.69, 9.17) is 9.47 Å². The van der Waals surface area contributed by atoms with E-state index in [1.807, 2.05) is 18.2 Å². The smallest absolute Gasteiger partial charge is 0.319 e. The molecule has 2 N–H and O–H groups in total. The van der Waals surface area contributed by atoms with Gasteiger partial charge in [0.15, 0.2) is 0 Å². The van der Waals surface area contributed by atoms with Gasteiger partial charge in [0.2, 0.25) is 0 Å². The van der Waals surface area contributed by atoms with E-state index >= 15 is 0 Å². The minimum absolute atomic E-state index is 0.281. The van der Waals surface area contributed by atoms with Gasteiger partial charge in [-0.05, 0) is 54.7 Å². The van der Waals surface area contributed by atoms with Crippen LogP contribution in [0.3, 0.4) is 0 Å². The van der Waals surface area contributed by atoms with Crippen molar-refractivity contribution in [3.8, 4) is 11.5 Å². The van der Waals surface area contributed by atoms with E-state index in [0.29, 0.717) is 24.6 Å². The highest BCUT2D eigenvalue weighted by Crippen LogP contribution is 2.26. The number of aryl methyl sites for hydroxylation is 2. The summed E-state index contributed by atoms with van der Waals surface area (Å²) in [7, 11) is 1.57. The molecule has 0 saturated carbocycles. The quantitative estimate of drug-likeness (QED) is 0.800. The molecule has 2 aromatic carbocycles. The minimum atomic E-state index is -0.281. The Labute approximate surface area is 142 Å². The Morgan fingerprint density at radius 3 is 2.83 bits per heavy atom. The monoisotopic (exact) mass is 326 g/mol. The van der Waals surface area contributed by atoms with Crippen LogP contribution in [0.15, 0.2) is 42.5 Å². The van der Waals surface area contributed by atoms with Crippen LogP contribution in [0.1, 0.15) is 17.5 Å². The molecule has 0 unspecified atom stereocenters. The number of fused-ring (bicyclic) bond motifs is 1. The van der Waals surface area contributed by atoms with Crippen molar-refractivity contribution in [2.75, 3.05) is 25.6 Å². The van der Waals surface area contributed by atoms with Gasteiger partial charge in [-0.15, -0.1) is 0 Å². The summed E-state index contributed by atoms with van der Waals surface area (Å²) < 4.78 is 10.9. The number of ether oxygens (including phenoxy) is 2. The van der Waals surface area contributed by atoms with Gasteiger partial charge in [0, 0.05) is 0 Å². The third-order valence-corrected chi connectivity index (χ3v) is 4.08. The van der Waals surface area contributed by atoms with E-state index in [-0.39, 0.29) is 6.03 Å². The number of carbonyl (C=O) groups is 1. The Balaban J connectivity index is 1.42. The van der Waals surface area contributed by atoms with Gasteiger partial charge in [-0.2, -0.15) is 0 Å². The zero-order valence-electron chi connectivity index (χ0n) is 13.8. The van der Waals surface area contributed by atoms with Crippen molar-refractivity contribution in [1.29, 1.82) is 0 Å². The molecular formula is C19H22N2O3. The first-order chi connectivity index (χ1) is 11.8. The van der Waals surface area contributed by atoms with Crippen LogP contribution in [0, 0.1) is 0 Å². The molecule has 0 atom stereocenters. The first-order valence-corrected chi connectivity index (χ1v) is 8.19. The number of hydrogen-bond donors (Lipinski definition) is 2. The second-order valence-electron chi connectivity index (χ2n) is 5.71. The summed E-state index contributed by atoms with van der Waals surface area (Å²) in [4.78, 5) is 11.9. The second kappa shape index (κ2) is 7.73. The molecule has 24 heavy (non-hydrogen) atoms. The maximum atomic E-state index is 11.9. The molecule has 0 spiro atoms. The maximum Gasteiger partial charge on any atom is 0.319 e. The Morgan fingerprint density at radius 1 is 1.12 bits per heavy atom. The van der Waals surface area contributed by atoms with E-state index in [0.717, 1.165) is 12.2 Å². The molecule has 0 radical (unpaired) electrons. The minimum Gasteiger partial charge on any atom is -0.495 e. The number of anilines is 1. The van der Waals surface area contributed by atoms with E-state index in [1.54, 1.807) is 19.2 Å². The zero-order valence-corrected chi connectivity index (χ0v) is 13.8. The van der Waals surface area contributed by atoms with Gasteiger partial charge in [0.1, 0.15) is 18.1 Å². The molecule has 3 rings (SSSR count). The van der Waals surface area contributed by atoms with Crippen LogP contribution < -0.4 is 20.1 Å². The number of methoxy groups -OCH3 is 1. The predicted octanol–water partition coefficient (Wildman–Crippen LogP) is 3.38. The van der Waals surface area contributed by atoms with E-state index in [9.17, 15) is 4.79 Å². The molecule has 0 aromatic heterocycles. The molecule has 0 bridgehead atoms. The largest absolute Gasteiger partial charge is 0.495 e. The normalized spacial score (nSPS) is 12.4. The average Bonchev–Trinajstić information content (AvgIpc) is 3.07. The Hall–Kier alpha value is -2.69. The highest BCUT2D eigenvalue weighted by molar-refractivity contribution is 5.90. The number of nitrogens with one attached hydrogen (secondary N) is 2. The Bertz CT molecular complexity index is 716.